The fraction of sp³-hybridized carbons (Fsp3) is 0.222. The van der Waals surface area contributed by atoms with E-state index in [1.807, 2.05) is 32.0 Å². The molecule has 1 heterocycles. The number of nitrogens with zero attached hydrogens (tertiary/aromatic N) is 1. The highest BCUT2D eigenvalue weighted by Gasteiger charge is 2.36. The lowest BCUT2D eigenvalue weighted by Crippen LogP contribution is -2.28. The second kappa shape index (κ2) is 10.6. The van der Waals surface area contributed by atoms with E-state index in [2.05, 4.69) is 5.32 Å². The Balaban J connectivity index is 1.30. The summed E-state index contributed by atoms with van der Waals surface area (Å²) in [6, 6.07) is 19.7. The minimum atomic E-state index is -0.645. The molecule has 0 spiro atoms. The smallest absolute Gasteiger partial charge is 0.311 e. The van der Waals surface area contributed by atoms with E-state index >= 15 is 0 Å². The molecule has 0 saturated carbocycles. The van der Waals surface area contributed by atoms with Crippen molar-refractivity contribution in [3.8, 4) is 11.5 Å². The Morgan fingerprint density at radius 3 is 2.46 bits per heavy atom. The Bertz CT molecular complexity index is 1260. The minimum absolute atomic E-state index is 0.0235. The number of rotatable bonds is 7. The van der Waals surface area contributed by atoms with Gasteiger partial charge < -0.3 is 19.7 Å². The first-order chi connectivity index (χ1) is 16.8. The molecule has 1 fully saturated rings. The Hall–Kier alpha value is -3.84. The number of carbonyl (C=O) groups excluding carboxylic acids is 3. The quantitative estimate of drug-likeness (QED) is 0.453. The van der Waals surface area contributed by atoms with E-state index in [1.165, 1.54) is 10.5 Å². The van der Waals surface area contributed by atoms with E-state index in [4.69, 9.17) is 21.1 Å². The Labute approximate surface area is 208 Å². The van der Waals surface area contributed by atoms with Gasteiger partial charge in [-0.1, -0.05) is 23.7 Å². The predicted molar refractivity (Wildman–Crippen MR) is 134 cm³/mol. The van der Waals surface area contributed by atoms with Crippen LogP contribution in [0.3, 0.4) is 0 Å². The number of aryl methyl sites for hydroxylation is 2. The van der Waals surface area contributed by atoms with Gasteiger partial charge in [0.1, 0.15) is 11.5 Å². The highest BCUT2D eigenvalue weighted by molar-refractivity contribution is 6.30. The van der Waals surface area contributed by atoms with E-state index in [0.717, 1.165) is 11.3 Å². The second-order valence-electron chi connectivity index (χ2n) is 8.41. The van der Waals surface area contributed by atoms with Crippen LogP contribution in [0.1, 0.15) is 17.5 Å². The molecular weight excluding hydrogens is 468 g/mol. The van der Waals surface area contributed by atoms with E-state index in [9.17, 15) is 14.4 Å². The zero-order valence-corrected chi connectivity index (χ0v) is 20.2. The van der Waals surface area contributed by atoms with Crippen LogP contribution in [-0.2, 0) is 19.1 Å². The molecule has 0 aromatic heterocycles. The number of halogens is 1. The monoisotopic (exact) mass is 492 g/mol. The highest BCUT2D eigenvalue weighted by atomic mass is 35.5. The molecule has 0 unspecified atom stereocenters. The van der Waals surface area contributed by atoms with Crippen molar-refractivity contribution >= 4 is 40.8 Å². The molecule has 35 heavy (non-hydrogen) atoms. The largest absolute Gasteiger partial charge is 0.457 e. The van der Waals surface area contributed by atoms with Crippen molar-refractivity contribution in [3.63, 3.8) is 0 Å². The number of esters is 1. The standard InChI is InChI=1S/C27H25ClN2O5/c1-17-6-9-24(12-18(17)2)35-23-10-7-22(8-11-23)30-15-19(13-26(30)32)27(33)34-16-25(31)29-21-5-3-4-20(28)14-21/h3-12,14,19H,13,15-16H2,1-2H3,(H,29,31)/t19-/m0/s1. The van der Waals surface area contributed by atoms with Crippen molar-refractivity contribution in [2.24, 2.45) is 5.92 Å². The number of amides is 2. The maximum atomic E-state index is 12.5. The summed E-state index contributed by atoms with van der Waals surface area (Å²) in [5.74, 6) is -0.519. The molecule has 4 rings (SSSR count). The van der Waals surface area contributed by atoms with Crippen LogP contribution in [0.2, 0.25) is 5.02 Å². The fourth-order valence-corrected chi connectivity index (χ4v) is 3.93. The molecule has 3 aromatic rings. The van der Waals surface area contributed by atoms with Gasteiger partial charge in [-0.05, 0) is 79.6 Å². The average Bonchev–Trinajstić information content (AvgIpc) is 3.22. The number of hydrogen-bond acceptors (Lipinski definition) is 5. The second-order valence-corrected chi connectivity index (χ2v) is 8.85. The first-order valence-corrected chi connectivity index (χ1v) is 11.5. The third kappa shape index (κ3) is 6.19. The van der Waals surface area contributed by atoms with Crippen molar-refractivity contribution in [1.82, 2.24) is 0 Å². The van der Waals surface area contributed by atoms with Crippen LogP contribution in [0.25, 0.3) is 0 Å². The molecule has 1 aliphatic rings. The Kier molecular flexibility index (Phi) is 7.36. The maximum Gasteiger partial charge on any atom is 0.311 e. The van der Waals surface area contributed by atoms with E-state index in [1.54, 1.807) is 48.5 Å². The van der Waals surface area contributed by atoms with Crippen LogP contribution in [0.5, 0.6) is 11.5 Å². The first-order valence-electron chi connectivity index (χ1n) is 11.2. The lowest BCUT2D eigenvalue weighted by Gasteiger charge is -2.17. The fourth-order valence-electron chi connectivity index (χ4n) is 3.74. The third-order valence-corrected chi connectivity index (χ3v) is 6.01. The van der Waals surface area contributed by atoms with Crippen molar-refractivity contribution in [3.05, 3.63) is 82.9 Å². The summed E-state index contributed by atoms with van der Waals surface area (Å²) in [6.07, 6.45) is 0.0235. The summed E-state index contributed by atoms with van der Waals surface area (Å²) >= 11 is 5.90. The predicted octanol–water partition coefficient (Wildman–Crippen LogP) is 5.28. The third-order valence-electron chi connectivity index (χ3n) is 5.77. The van der Waals surface area contributed by atoms with Gasteiger partial charge >= 0.3 is 5.97 Å². The van der Waals surface area contributed by atoms with Gasteiger partial charge in [-0.25, -0.2) is 0 Å². The Morgan fingerprint density at radius 2 is 1.74 bits per heavy atom. The summed E-state index contributed by atoms with van der Waals surface area (Å²) in [4.78, 5) is 38.6. The molecule has 2 amide bonds. The van der Waals surface area contributed by atoms with Crippen LogP contribution in [-0.4, -0.2) is 30.9 Å². The average molecular weight is 493 g/mol. The summed E-state index contributed by atoms with van der Waals surface area (Å²) in [5, 5.41) is 3.09. The van der Waals surface area contributed by atoms with Gasteiger partial charge in [0.25, 0.3) is 5.91 Å². The molecule has 1 atom stereocenters. The van der Waals surface area contributed by atoms with Crippen LogP contribution in [0.15, 0.2) is 66.7 Å². The highest BCUT2D eigenvalue weighted by Crippen LogP contribution is 2.29. The van der Waals surface area contributed by atoms with Gasteiger partial charge in [-0.3, -0.25) is 14.4 Å². The lowest BCUT2D eigenvalue weighted by atomic mass is 10.1. The number of hydrogen-bond donors (Lipinski definition) is 1. The van der Waals surface area contributed by atoms with Crippen molar-refractivity contribution in [2.75, 3.05) is 23.4 Å². The zero-order chi connectivity index (χ0) is 24.9. The van der Waals surface area contributed by atoms with Crippen LogP contribution in [0, 0.1) is 19.8 Å². The van der Waals surface area contributed by atoms with Gasteiger partial charge in [0.15, 0.2) is 6.61 Å². The topological polar surface area (TPSA) is 84.9 Å². The van der Waals surface area contributed by atoms with E-state index in [-0.39, 0.29) is 18.9 Å². The minimum Gasteiger partial charge on any atom is -0.457 e. The number of anilines is 2. The molecule has 1 aliphatic heterocycles. The van der Waals surface area contributed by atoms with Crippen molar-refractivity contribution < 1.29 is 23.9 Å². The van der Waals surface area contributed by atoms with Crippen LogP contribution >= 0.6 is 11.6 Å². The number of benzene rings is 3. The normalized spacial score (nSPS) is 15.1. The van der Waals surface area contributed by atoms with Crippen LogP contribution < -0.4 is 15.0 Å². The summed E-state index contributed by atoms with van der Waals surface area (Å²) in [5.41, 5.74) is 3.50. The van der Waals surface area contributed by atoms with Gasteiger partial charge in [-0.15, -0.1) is 0 Å². The molecule has 1 saturated heterocycles. The zero-order valence-electron chi connectivity index (χ0n) is 19.4. The lowest BCUT2D eigenvalue weighted by molar-refractivity contribution is -0.151. The molecule has 1 N–H and O–H groups in total. The van der Waals surface area contributed by atoms with E-state index < -0.39 is 24.4 Å². The molecule has 8 heteroatoms. The molecule has 0 bridgehead atoms. The van der Waals surface area contributed by atoms with E-state index in [0.29, 0.717) is 22.1 Å². The molecule has 3 aromatic carbocycles. The molecule has 180 valence electrons. The summed E-state index contributed by atoms with van der Waals surface area (Å²) in [6.45, 7) is 3.81. The van der Waals surface area contributed by atoms with Gasteiger partial charge in [0.05, 0.1) is 5.92 Å². The molecule has 0 radical (unpaired) electrons. The summed E-state index contributed by atoms with van der Waals surface area (Å²) in [7, 11) is 0. The molecule has 7 nitrogen and oxygen atoms in total. The number of ether oxygens (including phenoxy) is 2. The Morgan fingerprint density at radius 1 is 1.00 bits per heavy atom. The van der Waals surface area contributed by atoms with Crippen LogP contribution in [0.4, 0.5) is 11.4 Å². The van der Waals surface area contributed by atoms with Gasteiger partial charge in [0, 0.05) is 29.4 Å². The molecule has 0 aliphatic carbocycles. The SMILES string of the molecule is Cc1ccc(Oc2ccc(N3C[C@@H](C(=O)OCC(=O)Nc4cccc(Cl)c4)CC3=O)cc2)cc1C. The first kappa shape index (κ1) is 24.3. The number of nitrogens with one attached hydrogen (secondary N) is 1. The van der Waals surface area contributed by atoms with Crippen molar-refractivity contribution in [2.45, 2.75) is 20.3 Å². The molecular formula is C27H25ClN2O5. The van der Waals surface area contributed by atoms with Crippen molar-refractivity contribution in [1.29, 1.82) is 0 Å². The van der Waals surface area contributed by atoms with Gasteiger partial charge in [-0.2, -0.15) is 0 Å². The van der Waals surface area contributed by atoms with Gasteiger partial charge in [0.2, 0.25) is 5.91 Å². The maximum absolute atomic E-state index is 12.5. The number of carbonyl (C=O) groups is 3. The summed E-state index contributed by atoms with van der Waals surface area (Å²) < 4.78 is 11.0.